The third-order valence-corrected chi connectivity index (χ3v) is 1.69. The van der Waals surface area contributed by atoms with Crippen LogP contribution >= 0.6 is 0 Å². The molecule has 0 aliphatic rings. The minimum atomic E-state index is -0.230. The molecule has 1 aromatic carbocycles. The van der Waals surface area contributed by atoms with Gasteiger partial charge in [-0.3, -0.25) is 4.79 Å². The highest BCUT2D eigenvalue weighted by molar-refractivity contribution is 5.72. The number of carbonyl (C=O) groups is 1. The minimum Gasteiger partial charge on any atom is -0.504 e. The normalized spacial score (nSPS) is 9.67. The lowest BCUT2D eigenvalue weighted by Crippen LogP contribution is -2.25. The molecular weight excluding hydrogens is 198 g/mol. The molecule has 0 aliphatic heterocycles. The number of aromatic hydroxyl groups is 2. The van der Waals surface area contributed by atoms with Gasteiger partial charge in [0.2, 0.25) is 5.91 Å². The van der Waals surface area contributed by atoms with Crippen LogP contribution in [0.5, 0.6) is 17.2 Å². The molecule has 0 bridgehead atoms. The molecule has 3 N–H and O–H groups in total. The maximum atomic E-state index is 10.5. The van der Waals surface area contributed by atoms with Crippen molar-refractivity contribution in [2.24, 2.45) is 0 Å². The van der Waals surface area contributed by atoms with E-state index in [1.165, 1.54) is 25.1 Å². The van der Waals surface area contributed by atoms with Crippen molar-refractivity contribution in [1.82, 2.24) is 5.32 Å². The Morgan fingerprint density at radius 1 is 1.40 bits per heavy atom. The molecule has 5 nitrogen and oxygen atoms in total. The molecule has 0 aliphatic carbocycles. The Hall–Kier alpha value is -1.91. The summed E-state index contributed by atoms with van der Waals surface area (Å²) in [6, 6.07) is 4.18. The molecule has 0 spiro atoms. The van der Waals surface area contributed by atoms with E-state index in [0.717, 1.165) is 0 Å². The first-order valence-electron chi connectivity index (χ1n) is 4.49. The van der Waals surface area contributed by atoms with Gasteiger partial charge in [0.25, 0.3) is 0 Å². The summed E-state index contributed by atoms with van der Waals surface area (Å²) in [6.45, 7) is 2.13. The predicted octanol–water partition coefficient (Wildman–Crippen LogP) is 0.613. The van der Waals surface area contributed by atoms with E-state index in [-0.39, 0.29) is 17.4 Å². The van der Waals surface area contributed by atoms with Crippen molar-refractivity contribution in [2.45, 2.75) is 6.92 Å². The second kappa shape index (κ2) is 5.09. The van der Waals surface area contributed by atoms with Gasteiger partial charge < -0.3 is 20.3 Å². The smallest absolute Gasteiger partial charge is 0.216 e. The van der Waals surface area contributed by atoms with Crippen LogP contribution in [0.3, 0.4) is 0 Å². The van der Waals surface area contributed by atoms with Gasteiger partial charge in [0, 0.05) is 13.0 Å². The zero-order chi connectivity index (χ0) is 11.3. The molecule has 0 atom stereocenters. The molecule has 0 radical (unpaired) electrons. The molecule has 1 rings (SSSR count). The van der Waals surface area contributed by atoms with Crippen LogP contribution in [-0.2, 0) is 4.79 Å². The number of benzene rings is 1. The van der Waals surface area contributed by atoms with Crippen LogP contribution in [0.25, 0.3) is 0 Å². The van der Waals surface area contributed by atoms with E-state index in [1.807, 2.05) is 0 Å². The van der Waals surface area contributed by atoms with Crippen LogP contribution in [0, 0.1) is 0 Å². The Kier molecular flexibility index (Phi) is 3.79. The SMILES string of the molecule is CC(=O)NCCOc1ccc(O)c(O)c1. The van der Waals surface area contributed by atoms with Gasteiger partial charge in [-0.15, -0.1) is 0 Å². The number of phenolic OH excluding ortho intramolecular Hbond substituents is 2. The Balaban J connectivity index is 2.38. The number of amides is 1. The monoisotopic (exact) mass is 211 g/mol. The predicted molar refractivity (Wildman–Crippen MR) is 54.0 cm³/mol. The number of ether oxygens (including phenoxy) is 1. The molecular formula is C10H13NO4. The summed E-state index contributed by atoms with van der Waals surface area (Å²) >= 11 is 0. The van der Waals surface area contributed by atoms with Gasteiger partial charge in [-0.05, 0) is 12.1 Å². The molecule has 0 unspecified atom stereocenters. The van der Waals surface area contributed by atoms with E-state index in [0.29, 0.717) is 18.9 Å². The van der Waals surface area contributed by atoms with Crippen molar-refractivity contribution in [3.05, 3.63) is 18.2 Å². The maximum absolute atomic E-state index is 10.5. The Morgan fingerprint density at radius 2 is 2.13 bits per heavy atom. The van der Waals surface area contributed by atoms with Crippen LogP contribution < -0.4 is 10.1 Å². The van der Waals surface area contributed by atoms with E-state index < -0.39 is 0 Å². The third kappa shape index (κ3) is 3.76. The number of nitrogens with one attached hydrogen (secondary N) is 1. The fourth-order valence-electron chi connectivity index (χ4n) is 0.989. The Labute approximate surface area is 87.3 Å². The largest absolute Gasteiger partial charge is 0.504 e. The molecule has 1 aromatic rings. The first-order valence-corrected chi connectivity index (χ1v) is 4.49. The van der Waals surface area contributed by atoms with Crippen LogP contribution in [0.2, 0.25) is 0 Å². The Bertz CT molecular complexity index is 351. The summed E-state index contributed by atoms with van der Waals surface area (Å²) in [7, 11) is 0. The van der Waals surface area contributed by atoms with Crippen molar-refractivity contribution >= 4 is 5.91 Å². The van der Waals surface area contributed by atoms with E-state index in [4.69, 9.17) is 14.9 Å². The summed E-state index contributed by atoms with van der Waals surface area (Å²) in [5, 5.41) is 20.7. The number of hydrogen-bond acceptors (Lipinski definition) is 4. The van der Waals surface area contributed by atoms with E-state index in [2.05, 4.69) is 5.32 Å². The number of hydrogen-bond donors (Lipinski definition) is 3. The van der Waals surface area contributed by atoms with Crippen molar-refractivity contribution in [1.29, 1.82) is 0 Å². The first kappa shape index (κ1) is 11.2. The van der Waals surface area contributed by atoms with Crippen molar-refractivity contribution in [3.8, 4) is 17.2 Å². The maximum Gasteiger partial charge on any atom is 0.216 e. The van der Waals surface area contributed by atoms with Gasteiger partial charge in [0.15, 0.2) is 11.5 Å². The van der Waals surface area contributed by atoms with Gasteiger partial charge in [-0.1, -0.05) is 0 Å². The standard InChI is InChI=1S/C10H13NO4/c1-7(12)11-4-5-15-8-2-3-9(13)10(14)6-8/h2-3,6,13-14H,4-5H2,1H3,(H,11,12). The van der Waals surface area contributed by atoms with Crippen molar-refractivity contribution in [3.63, 3.8) is 0 Å². The molecule has 15 heavy (non-hydrogen) atoms. The quantitative estimate of drug-likeness (QED) is 0.503. The van der Waals surface area contributed by atoms with Gasteiger partial charge in [-0.25, -0.2) is 0 Å². The summed E-state index contributed by atoms with van der Waals surface area (Å²) in [5.74, 6) is -0.0981. The van der Waals surface area contributed by atoms with Gasteiger partial charge in [0.1, 0.15) is 12.4 Å². The average Bonchev–Trinajstić information content (AvgIpc) is 2.18. The number of rotatable bonds is 4. The summed E-state index contributed by atoms with van der Waals surface area (Å²) < 4.78 is 5.21. The Morgan fingerprint density at radius 3 is 2.73 bits per heavy atom. The molecule has 0 aromatic heterocycles. The van der Waals surface area contributed by atoms with Crippen molar-refractivity contribution in [2.75, 3.05) is 13.2 Å². The minimum absolute atomic E-state index is 0.118. The molecule has 0 fully saturated rings. The topological polar surface area (TPSA) is 78.8 Å². The lowest BCUT2D eigenvalue weighted by atomic mass is 10.3. The lowest BCUT2D eigenvalue weighted by molar-refractivity contribution is -0.119. The highest BCUT2D eigenvalue weighted by Gasteiger charge is 2.01. The van der Waals surface area contributed by atoms with Crippen molar-refractivity contribution < 1.29 is 19.7 Å². The van der Waals surface area contributed by atoms with Gasteiger partial charge in [0.05, 0.1) is 6.54 Å². The number of phenols is 2. The fourth-order valence-corrected chi connectivity index (χ4v) is 0.989. The van der Waals surface area contributed by atoms with E-state index in [9.17, 15) is 4.79 Å². The van der Waals surface area contributed by atoms with Gasteiger partial charge >= 0.3 is 0 Å². The summed E-state index contributed by atoms with van der Waals surface area (Å²) in [4.78, 5) is 10.5. The molecule has 5 heteroatoms. The molecule has 0 heterocycles. The second-order valence-electron chi connectivity index (χ2n) is 2.98. The van der Waals surface area contributed by atoms with Crippen LogP contribution in [0.4, 0.5) is 0 Å². The average molecular weight is 211 g/mol. The highest BCUT2D eigenvalue weighted by Crippen LogP contribution is 2.28. The summed E-state index contributed by atoms with van der Waals surface area (Å²) in [5.41, 5.74) is 0. The molecule has 0 saturated carbocycles. The molecule has 82 valence electrons. The van der Waals surface area contributed by atoms with Crippen LogP contribution in [-0.4, -0.2) is 29.3 Å². The van der Waals surface area contributed by atoms with Crippen LogP contribution in [0.1, 0.15) is 6.92 Å². The zero-order valence-corrected chi connectivity index (χ0v) is 8.36. The molecule has 1 amide bonds. The molecule has 0 saturated heterocycles. The zero-order valence-electron chi connectivity index (χ0n) is 8.36. The van der Waals surface area contributed by atoms with Crippen LogP contribution in [0.15, 0.2) is 18.2 Å². The fraction of sp³-hybridized carbons (Fsp3) is 0.300. The first-order chi connectivity index (χ1) is 7.09. The highest BCUT2D eigenvalue weighted by atomic mass is 16.5. The van der Waals surface area contributed by atoms with E-state index in [1.54, 1.807) is 0 Å². The third-order valence-electron chi connectivity index (χ3n) is 1.69. The van der Waals surface area contributed by atoms with Gasteiger partial charge in [-0.2, -0.15) is 0 Å². The second-order valence-corrected chi connectivity index (χ2v) is 2.98. The van der Waals surface area contributed by atoms with E-state index >= 15 is 0 Å². The summed E-state index contributed by atoms with van der Waals surface area (Å²) in [6.07, 6.45) is 0. The number of carbonyl (C=O) groups excluding carboxylic acids is 1. The lowest BCUT2D eigenvalue weighted by Gasteiger charge is -2.07.